The Labute approximate surface area is 120 Å². The molecule has 0 spiro atoms. The number of hydrazine groups is 1. The van der Waals surface area contributed by atoms with Gasteiger partial charge in [0.15, 0.2) is 0 Å². The first-order valence-electron chi connectivity index (χ1n) is 6.94. The Kier molecular flexibility index (Phi) is 2.48. The van der Waals surface area contributed by atoms with Crippen LogP contribution in [0.1, 0.15) is 16.8 Å². The molecule has 2 fully saturated rings. The Bertz CT molecular complexity index is 640. The molecule has 0 aromatic carbocycles. The molecule has 4 rings (SSSR count). The van der Waals surface area contributed by atoms with Gasteiger partial charge in [-0.1, -0.05) is 12.2 Å². The summed E-state index contributed by atoms with van der Waals surface area (Å²) in [5.74, 6) is -1.37. The maximum atomic E-state index is 12.4. The van der Waals surface area contributed by atoms with Crippen LogP contribution in [0.5, 0.6) is 0 Å². The smallest absolute Gasteiger partial charge is 0.270 e. The highest BCUT2D eigenvalue weighted by molar-refractivity contribution is 6.08. The first kappa shape index (κ1) is 12.3. The van der Waals surface area contributed by atoms with Gasteiger partial charge in [0, 0.05) is 18.0 Å². The zero-order valence-electron chi connectivity index (χ0n) is 11.1. The van der Waals surface area contributed by atoms with E-state index in [9.17, 15) is 14.4 Å². The van der Waals surface area contributed by atoms with E-state index in [1.807, 2.05) is 12.2 Å². The Balaban J connectivity index is 1.56. The Morgan fingerprint density at radius 1 is 1.10 bits per heavy atom. The summed E-state index contributed by atoms with van der Waals surface area (Å²) in [6.45, 7) is 0. The van der Waals surface area contributed by atoms with Crippen molar-refractivity contribution in [1.82, 2.24) is 15.4 Å². The van der Waals surface area contributed by atoms with Gasteiger partial charge in [-0.05, 0) is 30.4 Å². The van der Waals surface area contributed by atoms with Crippen LogP contribution in [0.3, 0.4) is 0 Å². The average Bonchev–Trinajstić information content (AvgIpc) is 3.18. The highest BCUT2D eigenvalue weighted by Crippen LogP contribution is 2.52. The van der Waals surface area contributed by atoms with Crippen LogP contribution < -0.4 is 5.43 Å². The van der Waals surface area contributed by atoms with Gasteiger partial charge in [0.25, 0.3) is 17.7 Å². The highest BCUT2D eigenvalue weighted by atomic mass is 16.2. The summed E-state index contributed by atoms with van der Waals surface area (Å²) in [7, 11) is 0. The van der Waals surface area contributed by atoms with E-state index in [-0.39, 0.29) is 35.5 Å². The molecule has 6 nitrogen and oxygen atoms in total. The van der Waals surface area contributed by atoms with Gasteiger partial charge in [0.1, 0.15) is 0 Å². The molecule has 0 radical (unpaired) electrons. The van der Waals surface area contributed by atoms with E-state index in [0.29, 0.717) is 5.56 Å². The predicted molar refractivity (Wildman–Crippen MR) is 71.3 cm³/mol. The lowest BCUT2D eigenvalue weighted by Crippen LogP contribution is -2.47. The molecule has 2 aliphatic carbocycles. The van der Waals surface area contributed by atoms with Crippen LogP contribution in [-0.2, 0) is 9.59 Å². The molecule has 1 aliphatic heterocycles. The molecule has 1 N–H and O–H groups in total. The standard InChI is InChI=1S/C15H13N3O3/c19-13(8-3-5-16-6-4-8)17-18-14(20)11-9-1-2-10(7-9)12(11)15(18)21/h1-6,9-12H,7H2,(H,17,19)/t9-,10-,11-,12+/m0/s1. The maximum absolute atomic E-state index is 12.4. The Morgan fingerprint density at radius 2 is 1.67 bits per heavy atom. The SMILES string of the molecule is O=C(NN1C(=O)[C@@H]2[C@H](C1=O)[C@H]1C=C[C@H]2C1)c1ccncc1. The van der Waals surface area contributed by atoms with Gasteiger partial charge < -0.3 is 0 Å². The summed E-state index contributed by atoms with van der Waals surface area (Å²) in [6, 6.07) is 3.07. The van der Waals surface area contributed by atoms with E-state index in [4.69, 9.17) is 0 Å². The number of fused-ring (bicyclic) bond motifs is 5. The molecular weight excluding hydrogens is 270 g/mol. The molecule has 1 aromatic heterocycles. The second-order valence-corrected chi connectivity index (χ2v) is 5.69. The number of carbonyl (C=O) groups is 3. The predicted octanol–water partition coefficient (Wildman–Crippen LogP) is 0.533. The largest absolute Gasteiger partial charge is 0.272 e. The normalized spacial score (nSPS) is 32.7. The van der Waals surface area contributed by atoms with Crippen molar-refractivity contribution < 1.29 is 14.4 Å². The van der Waals surface area contributed by atoms with Crippen LogP contribution in [0.15, 0.2) is 36.7 Å². The third-order valence-corrected chi connectivity index (χ3v) is 4.63. The van der Waals surface area contributed by atoms with Crippen LogP contribution in [0.25, 0.3) is 0 Å². The lowest BCUT2D eigenvalue weighted by atomic mass is 9.85. The Hall–Kier alpha value is -2.50. The minimum Gasteiger partial charge on any atom is -0.272 e. The van der Waals surface area contributed by atoms with Crippen LogP contribution in [0.4, 0.5) is 0 Å². The number of amides is 3. The fourth-order valence-electron chi connectivity index (χ4n) is 3.68. The molecule has 1 saturated heterocycles. The zero-order chi connectivity index (χ0) is 14.6. The first-order valence-corrected chi connectivity index (χ1v) is 6.94. The number of allylic oxidation sites excluding steroid dienone is 2. The summed E-state index contributed by atoms with van der Waals surface area (Å²) < 4.78 is 0. The molecule has 21 heavy (non-hydrogen) atoms. The van der Waals surface area contributed by atoms with Crippen molar-refractivity contribution in [3.63, 3.8) is 0 Å². The van der Waals surface area contributed by atoms with E-state index in [1.165, 1.54) is 24.5 Å². The molecular formula is C15H13N3O3. The molecule has 106 valence electrons. The number of hydrogen-bond acceptors (Lipinski definition) is 4. The second kappa shape index (κ2) is 4.25. The summed E-state index contributed by atoms with van der Waals surface area (Å²) in [5, 5.41) is 0.907. The van der Waals surface area contributed by atoms with Crippen molar-refractivity contribution in [1.29, 1.82) is 0 Å². The zero-order valence-corrected chi connectivity index (χ0v) is 11.1. The lowest BCUT2D eigenvalue weighted by Gasteiger charge is -2.17. The maximum Gasteiger partial charge on any atom is 0.270 e. The molecule has 1 saturated carbocycles. The summed E-state index contributed by atoms with van der Waals surface area (Å²) in [6.07, 6.45) is 7.89. The van der Waals surface area contributed by atoms with E-state index in [2.05, 4.69) is 10.4 Å². The monoisotopic (exact) mass is 283 g/mol. The average molecular weight is 283 g/mol. The number of nitrogens with one attached hydrogen (secondary N) is 1. The van der Waals surface area contributed by atoms with E-state index < -0.39 is 5.91 Å². The highest BCUT2D eigenvalue weighted by Gasteiger charge is 2.59. The van der Waals surface area contributed by atoms with E-state index in [0.717, 1.165) is 11.4 Å². The number of carbonyl (C=O) groups excluding carboxylic acids is 3. The number of nitrogens with zero attached hydrogens (tertiary/aromatic N) is 2. The fraction of sp³-hybridized carbons (Fsp3) is 0.333. The molecule has 3 aliphatic rings. The van der Waals surface area contributed by atoms with Gasteiger partial charge in [-0.25, -0.2) is 0 Å². The lowest BCUT2D eigenvalue weighted by molar-refractivity contribution is -0.143. The minimum atomic E-state index is -0.473. The van der Waals surface area contributed by atoms with Gasteiger partial charge >= 0.3 is 0 Å². The van der Waals surface area contributed by atoms with Crippen molar-refractivity contribution in [2.75, 3.05) is 0 Å². The minimum absolute atomic E-state index is 0.138. The number of imide groups is 1. The topological polar surface area (TPSA) is 79.4 Å². The summed E-state index contributed by atoms with van der Waals surface area (Å²) >= 11 is 0. The van der Waals surface area contributed by atoms with E-state index >= 15 is 0 Å². The molecule has 2 heterocycles. The van der Waals surface area contributed by atoms with Gasteiger partial charge in [0.2, 0.25) is 0 Å². The van der Waals surface area contributed by atoms with Crippen molar-refractivity contribution >= 4 is 17.7 Å². The van der Waals surface area contributed by atoms with Crippen molar-refractivity contribution in [2.45, 2.75) is 6.42 Å². The summed E-state index contributed by atoms with van der Waals surface area (Å²) in [4.78, 5) is 40.7. The van der Waals surface area contributed by atoms with Gasteiger partial charge in [-0.3, -0.25) is 24.8 Å². The number of aromatic nitrogens is 1. The molecule has 3 amide bonds. The number of hydrogen-bond donors (Lipinski definition) is 1. The summed E-state index contributed by atoms with van der Waals surface area (Å²) in [5.41, 5.74) is 2.80. The van der Waals surface area contributed by atoms with Crippen LogP contribution in [0.2, 0.25) is 0 Å². The molecule has 4 atom stereocenters. The van der Waals surface area contributed by atoms with Gasteiger partial charge in [-0.15, -0.1) is 0 Å². The molecule has 2 bridgehead atoms. The van der Waals surface area contributed by atoms with Gasteiger partial charge in [0.05, 0.1) is 11.8 Å². The van der Waals surface area contributed by atoms with Gasteiger partial charge in [-0.2, -0.15) is 5.01 Å². The molecule has 0 unspecified atom stereocenters. The first-order chi connectivity index (χ1) is 10.2. The fourth-order valence-corrected chi connectivity index (χ4v) is 3.68. The van der Waals surface area contributed by atoms with E-state index in [1.54, 1.807) is 0 Å². The third kappa shape index (κ3) is 1.65. The van der Waals surface area contributed by atoms with Crippen molar-refractivity contribution in [3.05, 3.63) is 42.2 Å². The van der Waals surface area contributed by atoms with Crippen molar-refractivity contribution in [3.8, 4) is 0 Å². The van der Waals surface area contributed by atoms with Crippen LogP contribution >= 0.6 is 0 Å². The van der Waals surface area contributed by atoms with Crippen LogP contribution in [0, 0.1) is 23.7 Å². The van der Waals surface area contributed by atoms with Crippen LogP contribution in [-0.4, -0.2) is 27.7 Å². The molecule has 1 aromatic rings. The van der Waals surface area contributed by atoms with Crippen molar-refractivity contribution in [2.24, 2.45) is 23.7 Å². The molecule has 6 heteroatoms. The second-order valence-electron chi connectivity index (χ2n) is 5.69. The Morgan fingerprint density at radius 3 is 2.24 bits per heavy atom. The number of rotatable bonds is 2. The number of pyridine rings is 1. The quantitative estimate of drug-likeness (QED) is 0.634. The third-order valence-electron chi connectivity index (χ3n) is 4.63.